The zero-order valence-corrected chi connectivity index (χ0v) is 10.7. The summed E-state index contributed by atoms with van der Waals surface area (Å²) in [5.41, 5.74) is 12.9. The summed E-state index contributed by atoms with van der Waals surface area (Å²) in [5, 5.41) is 13.6. The number of hydrogen-bond donors (Lipinski definition) is 3. The molecule has 0 saturated carbocycles. The number of carbonyl (C=O) groups is 1. The van der Waals surface area contributed by atoms with Crippen LogP contribution in [0.5, 0.6) is 0 Å². The lowest BCUT2D eigenvalue weighted by molar-refractivity contribution is -0.142. The summed E-state index contributed by atoms with van der Waals surface area (Å²) in [6.45, 7) is 0. The van der Waals surface area contributed by atoms with Crippen molar-refractivity contribution >= 4 is 17.6 Å². The summed E-state index contributed by atoms with van der Waals surface area (Å²) in [6.07, 6.45) is 1.33. The molecule has 7 heteroatoms. The van der Waals surface area contributed by atoms with Gasteiger partial charge >= 0.3 is 5.97 Å². The monoisotopic (exact) mass is 273 g/mol. The van der Waals surface area contributed by atoms with E-state index in [1.165, 1.54) is 4.68 Å². The summed E-state index contributed by atoms with van der Waals surface area (Å²) in [4.78, 5) is 15.7. The van der Waals surface area contributed by atoms with Crippen LogP contribution in [0.4, 0.5) is 11.6 Å². The number of aromatic nitrogens is 3. The molecule has 20 heavy (non-hydrogen) atoms. The third-order valence-corrected chi connectivity index (χ3v) is 3.63. The van der Waals surface area contributed by atoms with Crippen molar-refractivity contribution in [2.75, 3.05) is 11.5 Å². The van der Waals surface area contributed by atoms with Crippen molar-refractivity contribution in [2.45, 2.75) is 24.8 Å². The van der Waals surface area contributed by atoms with Gasteiger partial charge in [-0.1, -0.05) is 12.1 Å². The Hall–Kier alpha value is -2.57. The van der Waals surface area contributed by atoms with Crippen molar-refractivity contribution in [3.05, 3.63) is 35.7 Å². The summed E-state index contributed by atoms with van der Waals surface area (Å²) in [5.74, 6) is -0.401. The number of rotatable bonds is 2. The smallest absolute Gasteiger partial charge is 0.329 e. The number of hydrogen-bond acceptors (Lipinski definition) is 5. The second-order valence-electron chi connectivity index (χ2n) is 4.93. The molecule has 1 aliphatic heterocycles. The third-order valence-electron chi connectivity index (χ3n) is 3.63. The Kier molecular flexibility index (Phi) is 2.81. The molecule has 1 aromatic carbocycles. The van der Waals surface area contributed by atoms with Crippen LogP contribution >= 0.6 is 0 Å². The summed E-state index contributed by atoms with van der Waals surface area (Å²) in [6, 6.07) is 6.51. The summed E-state index contributed by atoms with van der Waals surface area (Å²) >= 11 is 0. The molecule has 0 amide bonds. The largest absolute Gasteiger partial charge is 0.480 e. The topological polar surface area (TPSA) is 120 Å². The van der Waals surface area contributed by atoms with E-state index in [4.69, 9.17) is 11.5 Å². The van der Waals surface area contributed by atoms with Gasteiger partial charge < -0.3 is 16.6 Å². The molecular formula is C13H15N5O2. The van der Waals surface area contributed by atoms with Crippen molar-refractivity contribution in [1.29, 1.82) is 0 Å². The average molecular weight is 273 g/mol. The van der Waals surface area contributed by atoms with Gasteiger partial charge in [0.1, 0.15) is 5.82 Å². The summed E-state index contributed by atoms with van der Waals surface area (Å²) in [7, 11) is 0. The van der Waals surface area contributed by atoms with Gasteiger partial charge in [-0.15, -0.1) is 5.10 Å². The first-order valence-electron chi connectivity index (χ1n) is 6.35. The van der Waals surface area contributed by atoms with E-state index < -0.39 is 12.0 Å². The average Bonchev–Trinajstić information content (AvgIpc) is 2.77. The van der Waals surface area contributed by atoms with Gasteiger partial charge in [-0.2, -0.15) is 4.98 Å². The Balaban J connectivity index is 2.06. The molecule has 3 rings (SSSR count). The molecule has 104 valence electrons. The van der Waals surface area contributed by atoms with E-state index in [9.17, 15) is 9.90 Å². The number of nitrogen functional groups attached to an aromatic ring is 2. The molecule has 0 fully saturated rings. The molecule has 0 spiro atoms. The lowest BCUT2D eigenvalue weighted by Crippen LogP contribution is -2.32. The second-order valence-corrected chi connectivity index (χ2v) is 4.93. The normalized spacial score (nSPS) is 21.4. The third kappa shape index (κ3) is 1.97. The first-order chi connectivity index (χ1) is 9.56. The van der Waals surface area contributed by atoms with Gasteiger partial charge in [-0.3, -0.25) is 0 Å². The van der Waals surface area contributed by atoms with Gasteiger partial charge in [0.15, 0.2) is 6.04 Å². The fourth-order valence-corrected chi connectivity index (χ4v) is 2.80. The van der Waals surface area contributed by atoms with E-state index in [-0.39, 0.29) is 11.9 Å². The molecule has 1 aliphatic rings. The van der Waals surface area contributed by atoms with Crippen LogP contribution in [0.1, 0.15) is 29.8 Å². The Labute approximate surface area is 115 Å². The van der Waals surface area contributed by atoms with Crippen molar-refractivity contribution < 1.29 is 9.90 Å². The number of aliphatic carboxylic acids is 1. The molecule has 0 radical (unpaired) electrons. The quantitative estimate of drug-likeness (QED) is 0.696. The van der Waals surface area contributed by atoms with Gasteiger partial charge in [0.2, 0.25) is 5.95 Å². The predicted octanol–water partition coefficient (Wildman–Crippen LogP) is 0.798. The highest BCUT2D eigenvalue weighted by Gasteiger charge is 2.37. The van der Waals surface area contributed by atoms with Crippen LogP contribution in [-0.2, 0) is 11.2 Å². The fourth-order valence-electron chi connectivity index (χ4n) is 2.80. The molecule has 2 heterocycles. The minimum Gasteiger partial charge on any atom is -0.480 e. The molecule has 7 nitrogen and oxygen atoms in total. The number of nitrogens with two attached hydrogens (primary N) is 2. The van der Waals surface area contributed by atoms with Crippen molar-refractivity contribution in [1.82, 2.24) is 14.8 Å². The highest BCUT2D eigenvalue weighted by Crippen LogP contribution is 2.38. The zero-order chi connectivity index (χ0) is 14.3. The Bertz CT molecular complexity index is 667. The van der Waals surface area contributed by atoms with E-state index >= 15 is 0 Å². The summed E-state index contributed by atoms with van der Waals surface area (Å²) < 4.78 is 1.43. The van der Waals surface area contributed by atoms with Crippen LogP contribution in [-0.4, -0.2) is 25.8 Å². The van der Waals surface area contributed by atoms with Crippen LogP contribution in [0, 0.1) is 0 Å². The molecule has 2 atom stereocenters. The van der Waals surface area contributed by atoms with Crippen LogP contribution in [0.2, 0.25) is 0 Å². The maximum absolute atomic E-state index is 11.6. The number of carboxylic acids is 1. The van der Waals surface area contributed by atoms with Crippen molar-refractivity contribution in [3.63, 3.8) is 0 Å². The van der Waals surface area contributed by atoms with Crippen molar-refractivity contribution in [2.24, 2.45) is 0 Å². The minimum atomic E-state index is -0.941. The van der Waals surface area contributed by atoms with Gasteiger partial charge in [0, 0.05) is 18.0 Å². The number of carboxylic acid groups (broad SMARTS) is 1. The first kappa shape index (κ1) is 12.5. The molecule has 1 aromatic heterocycles. The maximum Gasteiger partial charge on any atom is 0.329 e. The second kappa shape index (κ2) is 4.52. The Morgan fingerprint density at radius 2 is 2.20 bits per heavy atom. The van der Waals surface area contributed by atoms with Crippen LogP contribution < -0.4 is 11.5 Å². The van der Waals surface area contributed by atoms with Crippen LogP contribution in [0.15, 0.2) is 24.3 Å². The van der Waals surface area contributed by atoms with Gasteiger partial charge in [-0.05, 0) is 24.1 Å². The SMILES string of the molecule is Nc1cccc(C2CCc3nc(N)nn3C2C(=O)O)c1. The first-order valence-corrected chi connectivity index (χ1v) is 6.35. The minimum absolute atomic E-state index is 0.111. The predicted molar refractivity (Wildman–Crippen MR) is 73.0 cm³/mol. The van der Waals surface area contributed by atoms with E-state index in [1.54, 1.807) is 6.07 Å². The number of aryl methyl sites for hydroxylation is 1. The van der Waals surface area contributed by atoms with Gasteiger partial charge in [0.25, 0.3) is 0 Å². The van der Waals surface area contributed by atoms with E-state index in [0.717, 1.165) is 5.56 Å². The van der Waals surface area contributed by atoms with Gasteiger partial charge in [-0.25, -0.2) is 9.48 Å². The lowest BCUT2D eigenvalue weighted by Gasteiger charge is -2.29. The van der Waals surface area contributed by atoms with Gasteiger partial charge in [0.05, 0.1) is 0 Å². The standard InChI is InChI=1S/C13H15N5O2/c14-8-3-1-2-7(6-8)9-4-5-10-16-13(15)17-18(10)11(9)12(19)20/h1-3,6,9,11H,4-5,14H2,(H2,15,17)(H,19,20). The maximum atomic E-state index is 11.6. The molecule has 2 unspecified atom stereocenters. The molecular weight excluding hydrogens is 258 g/mol. The molecule has 2 aromatic rings. The van der Waals surface area contributed by atoms with Crippen LogP contribution in [0.3, 0.4) is 0 Å². The van der Waals surface area contributed by atoms with Crippen molar-refractivity contribution in [3.8, 4) is 0 Å². The number of nitrogens with zero attached hydrogens (tertiary/aromatic N) is 3. The molecule has 0 saturated heterocycles. The number of benzene rings is 1. The Morgan fingerprint density at radius 3 is 2.90 bits per heavy atom. The van der Waals surface area contributed by atoms with E-state index in [2.05, 4.69) is 10.1 Å². The van der Waals surface area contributed by atoms with Crippen LogP contribution in [0.25, 0.3) is 0 Å². The number of anilines is 2. The molecule has 5 N–H and O–H groups in total. The lowest BCUT2D eigenvalue weighted by atomic mass is 9.85. The Morgan fingerprint density at radius 1 is 1.40 bits per heavy atom. The highest BCUT2D eigenvalue weighted by atomic mass is 16.4. The van der Waals surface area contributed by atoms with E-state index in [0.29, 0.717) is 24.4 Å². The molecule has 0 aliphatic carbocycles. The highest BCUT2D eigenvalue weighted by molar-refractivity contribution is 5.73. The fraction of sp³-hybridized carbons (Fsp3) is 0.308. The number of fused-ring (bicyclic) bond motifs is 1. The molecule has 0 bridgehead atoms. The zero-order valence-electron chi connectivity index (χ0n) is 10.7. The van der Waals surface area contributed by atoms with E-state index in [1.807, 2.05) is 18.2 Å².